The van der Waals surface area contributed by atoms with Gasteiger partial charge in [0.2, 0.25) is 5.91 Å². The molecule has 8 rings (SSSR count). The smallest absolute Gasteiger partial charge is 0.274 e. The molecular weight excluding hydrogens is 460 g/mol. The highest BCUT2D eigenvalue weighted by Gasteiger charge is 2.54. The molecule has 2 aromatic carbocycles. The van der Waals surface area contributed by atoms with Gasteiger partial charge in [-0.1, -0.05) is 18.2 Å². The Labute approximate surface area is 215 Å². The van der Waals surface area contributed by atoms with E-state index >= 15 is 0 Å². The Hall–Kier alpha value is -3.93. The first-order valence-corrected chi connectivity index (χ1v) is 13.2. The van der Waals surface area contributed by atoms with Crippen LogP contribution in [0, 0.1) is 29.6 Å². The zero-order valence-electron chi connectivity index (χ0n) is 20.5. The first kappa shape index (κ1) is 22.3. The van der Waals surface area contributed by atoms with E-state index in [0.29, 0.717) is 23.2 Å². The zero-order chi connectivity index (χ0) is 25.0. The lowest BCUT2D eigenvalue weighted by Crippen LogP contribution is -2.52. The number of H-pyrrole nitrogens is 1. The van der Waals surface area contributed by atoms with Gasteiger partial charge in [0.15, 0.2) is 0 Å². The molecule has 1 radical (unpaired) electrons. The number of carbonyl (C=O) groups is 2. The van der Waals surface area contributed by atoms with Gasteiger partial charge in [-0.3, -0.25) is 14.6 Å². The summed E-state index contributed by atoms with van der Waals surface area (Å²) < 4.78 is 0. The van der Waals surface area contributed by atoms with Crippen LogP contribution in [0.25, 0.3) is 22.2 Å². The first-order valence-electron chi connectivity index (χ1n) is 13.2. The van der Waals surface area contributed by atoms with Gasteiger partial charge in [-0.05, 0) is 110 Å². The molecule has 3 N–H and O–H groups in total. The van der Waals surface area contributed by atoms with Crippen LogP contribution in [0.3, 0.4) is 0 Å². The molecule has 2 aromatic heterocycles. The fourth-order valence-electron chi connectivity index (χ4n) is 7.10. The summed E-state index contributed by atoms with van der Waals surface area (Å²) in [6.07, 6.45) is 9.78. The minimum absolute atomic E-state index is 0.176. The number of amides is 2. The summed E-state index contributed by atoms with van der Waals surface area (Å²) in [5, 5.41) is 7.15. The third-order valence-corrected chi connectivity index (χ3v) is 8.51. The molecule has 2 heterocycles. The molecule has 4 fully saturated rings. The fraction of sp³-hybridized carbons (Fsp3) is 0.290. The summed E-state index contributed by atoms with van der Waals surface area (Å²) in [4.78, 5) is 33.4. The van der Waals surface area contributed by atoms with Crippen molar-refractivity contribution in [3.8, 4) is 11.3 Å². The number of aromatic amines is 1. The van der Waals surface area contributed by atoms with Crippen LogP contribution in [0.1, 0.15) is 42.6 Å². The van der Waals surface area contributed by atoms with Crippen LogP contribution in [0.2, 0.25) is 0 Å². The number of hydrogen-bond donors (Lipinski definition) is 3. The Morgan fingerprint density at radius 3 is 2.38 bits per heavy atom. The highest BCUT2D eigenvalue weighted by molar-refractivity contribution is 6.04. The van der Waals surface area contributed by atoms with Crippen molar-refractivity contribution in [2.24, 2.45) is 23.2 Å². The number of benzene rings is 2. The van der Waals surface area contributed by atoms with Crippen molar-refractivity contribution in [3.05, 3.63) is 85.0 Å². The van der Waals surface area contributed by atoms with Gasteiger partial charge in [0.1, 0.15) is 5.69 Å². The predicted octanol–water partition coefficient (Wildman–Crippen LogP) is 6.45. The van der Waals surface area contributed by atoms with Crippen molar-refractivity contribution in [2.75, 3.05) is 10.6 Å². The lowest BCUT2D eigenvalue weighted by molar-refractivity contribution is -0.136. The van der Waals surface area contributed by atoms with Gasteiger partial charge in [0.05, 0.1) is 5.41 Å². The average molecular weight is 490 g/mol. The summed E-state index contributed by atoms with van der Waals surface area (Å²) in [6, 6.07) is 21.2. The molecule has 4 aliphatic carbocycles. The van der Waals surface area contributed by atoms with E-state index in [-0.39, 0.29) is 17.2 Å². The fourth-order valence-corrected chi connectivity index (χ4v) is 7.10. The van der Waals surface area contributed by atoms with Crippen molar-refractivity contribution in [3.63, 3.8) is 0 Å². The molecular formula is C31H29N4O2. The Bertz CT molecular complexity index is 1450. The maximum atomic E-state index is 13.4. The second-order valence-corrected chi connectivity index (χ2v) is 11.1. The normalized spacial score (nSPS) is 25.8. The van der Waals surface area contributed by atoms with E-state index in [0.717, 1.165) is 53.0 Å². The van der Waals surface area contributed by atoms with Gasteiger partial charge < -0.3 is 15.6 Å². The molecule has 37 heavy (non-hydrogen) atoms. The van der Waals surface area contributed by atoms with Crippen molar-refractivity contribution in [1.82, 2.24) is 9.97 Å². The summed E-state index contributed by atoms with van der Waals surface area (Å²) in [7, 11) is 0. The summed E-state index contributed by atoms with van der Waals surface area (Å²) in [5.41, 5.74) is 4.78. The molecule has 6 nitrogen and oxygen atoms in total. The molecule has 0 spiro atoms. The van der Waals surface area contributed by atoms with Crippen LogP contribution in [-0.4, -0.2) is 21.8 Å². The van der Waals surface area contributed by atoms with E-state index in [1.807, 2.05) is 42.5 Å². The van der Waals surface area contributed by atoms with Crippen molar-refractivity contribution in [2.45, 2.75) is 32.1 Å². The molecule has 4 aromatic rings. The van der Waals surface area contributed by atoms with E-state index in [2.05, 4.69) is 33.1 Å². The van der Waals surface area contributed by atoms with Crippen LogP contribution in [0.15, 0.2) is 72.9 Å². The van der Waals surface area contributed by atoms with Crippen LogP contribution < -0.4 is 10.6 Å². The summed E-state index contributed by atoms with van der Waals surface area (Å²) >= 11 is 0. The van der Waals surface area contributed by atoms with Gasteiger partial charge in [0, 0.05) is 34.2 Å². The monoisotopic (exact) mass is 489 g/mol. The number of nitrogens with zero attached hydrogens (tertiary/aromatic N) is 1. The molecule has 185 valence electrons. The largest absolute Gasteiger partial charge is 0.355 e. The molecule has 4 saturated carbocycles. The van der Waals surface area contributed by atoms with E-state index in [9.17, 15) is 9.59 Å². The standard InChI is InChI=1S/C31H29N4O2/c36-29(27-3-1-2-10-32-27)33-25-8-9-26-23(14-25)15-28(35-26)22-4-6-24(7-5-22)34-30(37)31-16-19-11-20(17-31)13-21(12-19)18-31/h1-11,14-15,19-21,35H,12-13,16-18H2,(H,33,36)(H,34,37)/t19-,20+,21?,31?. The number of aromatic nitrogens is 2. The lowest BCUT2D eigenvalue weighted by Gasteiger charge is -2.55. The molecule has 6 heteroatoms. The van der Waals surface area contributed by atoms with Crippen molar-refractivity contribution < 1.29 is 9.59 Å². The third kappa shape index (κ3) is 4.10. The minimum atomic E-state index is -0.236. The Morgan fingerprint density at radius 1 is 0.865 bits per heavy atom. The number of hydrogen-bond acceptors (Lipinski definition) is 3. The minimum Gasteiger partial charge on any atom is -0.355 e. The first-order chi connectivity index (χ1) is 18.0. The lowest BCUT2D eigenvalue weighted by atomic mass is 9.49. The van der Waals surface area contributed by atoms with Crippen LogP contribution >= 0.6 is 0 Å². The van der Waals surface area contributed by atoms with Gasteiger partial charge in [-0.2, -0.15) is 0 Å². The van der Waals surface area contributed by atoms with Gasteiger partial charge in [0.25, 0.3) is 5.91 Å². The van der Waals surface area contributed by atoms with Gasteiger partial charge in [-0.25, -0.2) is 0 Å². The highest BCUT2D eigenvalue weighted by atomic mass is 16.2. The zero-order valence-corrected chi connectivity index (χ0v) is 20.5. The number of pyridine rings is 1. The highest BCUT2D eigenvalue weighted by Crippen LogP contribution is 2.59. The molecule has 4 bridgehead atoms. The molecule has 4 aliphatic rings. The number of fused-ring (bicyclic) bond motifs is 1. The topological polar surface area (TPSA) is 86.9 Å². The average Bonchev–Trinajstić information content (AvgIpc) is 3.32. The Kier molecular flexibility index (Phi) is 5.17. The van der Waals surface area contributed by atoms with Crippen LogP contribution in [0.4, 0.5) is 11.4 Å². The Balaban J connectivity index is 1.05. The molecule has 2 amide bonds. The van der Waals surface area contributed by atoms with E-state index in [1.165, 1.54) is 12.8 Å². The SMILES string of the molecule is O=C(Nc1ccc2[nH]c(-c3ccc(NC(=O)C45CC6C[C@@H]([CH][C@@H](C6)C4)C5)cc3)cc2c1)c1ccccn1. The quantitative estimate of drug-likeness (QED) is 0.301. The number of rotatable bonds is 5. The second kappa shape index (κ2) is 8.58. The third-order valence-electron chi connectivity index (χ3n) is 8.51. The second-order valence-electron chi connectivity index (χ2n) is 11.1. The number of anilines is 2. The molecule has 0 saturated heterocycles. The summed E-state index contributed by atoms with van der Waals surface area (Å²) in [6.45, 7) is 0. The molecule has 0 aliphatic heterocycles. The van der Waals surface area contributed by atoms with Gasteiger partial charge in [-0.15, -0.1) is 0 Å². The number of nitrogens with one attached hydrogen (secondary N) is 3. The van der Waals surface area contributed by atoms with Gasteiger partial charge >= 0.3 is 0 Å². The predicted molar refractivity (Wildman–Crippen MR) is 145 cm³/mol. The van der Waals surface area contributed by atoms with Crippen LogP contribution in [0.5, 0.6) is 0 Å². The maximum absolute atomic E-state index is 13.4. The van der Waals surface area contributed by atoms with E-state index < -0.39 is 0 Å². The van der Waals surface area contributed by atoms with Crippen molar-refractivity contribution in [1.29, 1.82) is 0 Å². The Morgan fingerprint density at radius 2 is 1.65 bits per heavy atom. The molecule has 2 unspecified atom stereocenters. The molecule has 4 atom stereocenters. The maximum Gasteiger partial charge on any atom is 0.274 e. The van der Waals surface area contributed by atoms with E-state index in [1.54, 1.807) is 24.4 Å². The van der Waals surface area contributed by atoms with E-state index in [4.69, 9.17) is 0 Å². The van der Waals surface area contributed by atoms with Crippen molar-refractivity contribution >= 4 is 34.1 Å². The van der Waals surface area contributed by atoms with Crippen LogP contribution in [-0.2, 0) is 4.79 Å². The summed E-state index contributed by atoms with van der Waals surface area (Å²) in [5.74, 6) is 1.95. The number of carbonyl (C=O) groups excluding carboxylic acids is 2.